The van der Waals surface area contributed by atoms with Crippen LogP contribution in [0.4, 0.5) is 4.39 Å². The minimum atomic E-state index is -0.511. The van der Waals surface area contributed by atoms with Gasteiger partial charge in [0.05, 0.1) is 7.11 Å². The van der Waals surface area contributed by atoms with Gasteiger partial charge in [0.1, 0.15) is 5.82 Å². The van der Waals surface area contributed by atoms with E-state index < -0.39 is 5.97 Å². The summed E-state index contributed by atoms with van der Waals surface area (Å²) in [5.41, 5.74) is 0. The van der Waals surface area contributed by atoms with Gasteiger partial charge in [0.25, 0.3) is 0 Å². The number of carbonyl (C=O) groups is 1. The van der Waals surface area contributed by atoms with Crippen LogP contribution in [0.15, 0.2) is 33.5 Å². The Labute approximate surface area is 116 Å². The average Bonchev–Trinajstić information content (AvgIpc) is 2.72. The van der Waals surface area contributed by atoms with Gasteiger partial charge in [-0.05, 0) is 24.3 Å². The summed E-state index contributed by atoms with van der Waals surface area (Å²) in [7, 11) is 1.28. The first kappa shape index (κ1) is 13.3. The first-order chi connectivity index (χ1) is 8.60. The molecule has 94 valence electrons. The molecule has 0 unspecified atom stereocenters. The van der Waals surface area contributed by atoms with Crippen molar-refractivity contribution in [2.75, 3.05) is 7.11 Å². The molecule has 18 heavy (non-hydrogen) atoms. The minimum Gasteiger partial charge on any atom is -0.465 e. The van der Waals surface area contributed by atoms with E-state index in [9.17, 15) is 9.18 Å². The van der Waals surface area contributed by atoms with E-state index in [0.29, 0.717) is 4.34 Å². The Morgan fingerprint density at radius 1 is 1.44 bits per heavy atom. The summed E-state index contributed by atoms with van der Waals surface area (Å²) in [5, 5.41) is 0.122. The van der Waals surface area contributed by atoms with Gasteiger partial charge in [0, 0.05) is 4.90 Å². The average molecular weight is 304 g/mol. The molecule has 0 saturated heterocycles. The Morgan fingerprint density at radius 3 is 2.72 bits per heavy atom. The van der Waals surface area contributed by atoms with Crippen LogP contribution in [0.5, 0.6) is 0 Å². The third-order valence-electron chi connectivity index (χ3n) is 1.96. The largest absolute Gasteiger partial charge is 0.465 e. The van der Waals surface area contributed by atoms with Crippen LogP contribution >= 0.6 is 34.7 Å². The van der Waals surface area contributed by atoms with Crippen molar-refractivity contribution in [3.8, 4) is 0 Å². The zero-order valence-corrected chi connectivity index (χ0v) is 11.5. The van der Waals surface area contributed by atoms with Gasteiger partial charge in [-0.3, -0.25) is 0 Å². The minimum absolute atomic E-state index is 0.122. The number of aromatic nitrogens is 1. The molecule has 0 amide bonds. The molecule has 0 aliphatic heterocycles. The van der Waals surface area contributed by atoms with Crippen LogP contribution in [-0.4, -0.2) is 18.1 Å². The quantitative estimate of drug-likeness (QED) is 0.807. The van der Waals surface area contributed by atoms with E-state index in [1.54, 1.807) is 12.1 Å². The summed E-state index contributed by atoms with van der Waals surface area (Å²) >= 11 is 8.29. The molecule has 0 radical (unpaired) electrons. The number of nitrogens with zero attached hydrogens (tertiary/aromatic N) is 1. The number of methoxy groups -OCH3 is 1. The summed E-state index contributed by atoms with van der Waals surface area (Å²) < 4.78 is 17.9. The Kier molecular flexibility index (Phi) is 4.21. The number of halogens is 2. The Morgan fingerprint density at radius 2 is 2.11 bits per heavy atom. The van der Waals surface area contributed by atoms with Gasteiger partial charge in [0.2, 0.25) is 0 Å². The van der Waals surface area contributed by atoms with E-state index in [1.807, 2.05) is 0 Å². The monoisotopic (exact) mass is 303 g/mol. The number of ether oxygens (including phenoxy) is 1. The van der Waals surface area contributed by atoms with Gasteiger partial charge in [-0.25, -0.2) is 14.2 Å². The number of thiazole rings is 1. The molecule has 0 aliphatic carbocycles. The molecule has 0 spiro atoms. The molecular weight excluding hydrogens is 297 g/mol. The summed E-state index contributed by atoms with van der Waals surface area (Å²) in [6.45, 7) is 0. The highest BCUT2D eigenvalue weighted by Crippen LogP contribution is 2.35. The Bertz CT molecular complexity index is 571. The van der Waals surface area contributed by atoms with Crippen LogP contribution in [0.1, 0.15) is 9.67 Å². The molecule has 0 N–H and O–H groups in total. The lowest BCUT2D eigenvalue weighted by Crippen LogP contribution is -1.98. The molecule has 0 saturated carbocycles. The third kappa shape index (κ3) is 3.01. The van der Waals surface area contributed by atoms with Crippen molar-refractivity contribution >= 4 is 40.7 Å². The van der Waals surface area contributed by atoms with Crippen molar-refractivity contribution in [3.05, 3.63) is 40.1 Å². The molecule has 1 heterocycles. The lowest BCUT2D eigenvalue weighted by Gasteiger charge is -1.96. The van der Waals surface area contributed by atoms with Gasteiger partial charge in [-0.2, -0.15) is 0 Å². The predicted octanol–water partition coefficient (Wildman–Crippen LogP) is 3.87. The number of hydrogen-bond acceptors (Lipinski definition) is 5. The smallest absolute Gasteiger partial charge is 0.351 e. The van der Waals surface area contributed by atoms with E-state index in [1.165, 1.54) is 31.0 Å². The normalized spacial score (nSPS) is 10.4. The fraction of sp³-hybridized carbons (Fsp3) is 0.0909. The van der Waals surface area contributed by atoms with Gasteiger partial charge in [-0.1, -0.05) is 34.7 Å². The summed E-state index contributed by atoms with van der Waals surface area (Å²) in [4.78, 5) is 16.5. The number of benzene rings is 1. The first-order valence-electron chi connectivity index (χ1n) is 4.78. The number of carbonyl (C=O) groups excluding carboxylic acids is 1. The molecule has 0 fully saturated rings. The number of rotatable bonds is 3. The van der Waals surface area contributed by atoms with E-state index in [2.05, 4.69) is 9.72 Å². The van der Waals surface area contributed by atoms with Crippen LogP contribution in [0, 0.1) is 5.82 Å². The SMILES string of the molecule is COC(=O)c1sc(Sc2ccc(F)cc2)nc1Cl. The summed E-state index contributed by atoms with van der Waals surface area (Å²) in [6, 6.07) is 5.98. The van der Waals surface area contributed by atoms with E-state index in [0.717, 1.165) is 16.2 Å². The van der Waals surface area contributed by atoms with Crippen LogP contribution < -0.4 is 0 Å². The van der Waals surface area contributed by atoms with Gasteiger partial charge < -0.3 is 4.74 Å². The van der Waals surface area contributed by atoms with Crippen LogP contribution in [0.3, 0.4) is 0 Å². The van der Waals surface area contributed by atoms with E-state index >= 15 is 0 Å². The van der Waals surface area contributed by atoms with Crippen LogP contribution in [0.25, 0.3) is 0 Å². The van der Waals surface area contributed by atoms with Gasteiger partial charge in [-0.15, -0.1) is 0 Å². The van der Waals surface area contributed by atoms with E-state index in [-0.39, 0.29) is 15.8 Å². The van der Waals surface area contributed by atoms with Gasteiger partial charge in [0.15, 0.2) is 14.4 Å². The maximum absolute atomic E-state index is 12.7. The standard InChI is InChI=1S/C11H7ClFNO2S2/c1-16-10(15)8-9(12)14-11(18-8)17-7-4-2-6(13)3-5-7/h2-5H,1H3. The van der Waals surface area contributed by atoms with Crippen molar-refractivity contribution in [3.63, 3.8) is 0 Å². The zero-order chi connectivity index (χ0) is 13.1. The highest BCUT2D eigenvalue weighted by molar-refractivity contribution is 8.01. The second kappa shape index (κ2) is 5.69. The molecule has 1 aromatic carbocycles. The van der Waals surface area contributed by atoms with Crippen LogP contribution in [0.2, 0.25) is 5.15 Å². The summed E-state index contributed by atoms with van der Waals surface area (Å²) in [5.74, 6) is -0.810. The maximum atomic E-state index is 12.7. The Balaban J connectivity index is 2.20. The molecule has 1 aromatic heterocycles. The van der Waals surface area contributed by atoms with Crippen molar-refractivity contribution in [2.45, 2.75) is 9.24 Å². The fourth-order valence-corrected chi connectivity index (χ4v) is 3.45. The number of hydrogen-bond donors (Lipinski definition) is 0. The van der Waals surface area contributed by atoms with E-state index in [4.69, 9.17) is 11.6 Å². The highest BCUT2D eigenvalue weighted by Gasteiger charge is 2.17. The highest BCUT2D eigenvalue weighted by atomic mass is 35.5. The Hall–Kier alpha value is -1.11. The second-order valence-electron chi connectivity index (χ2n) is 3.15. The first-order valence-corrected chi connectivity index (χ1v) is 6.79. The predicted molar refractivity (Wildman–Crippen MR) is 69.0 cm³/mol. The molecule has 0 atom stereocenters. The maximum Gasteiger partial charge on any atom is 0.351 e. The van der Waals surface area contributed by atoms with Crippen molar-refractivity contribution in [2.24, 2.45) is 0 Å². The molecule has 0 aliphatic rings. The number of esters is 1. The lowest BCUT2D eigenvalue weighted by atomic mass is 10.4. The second-order valence-corrected chi connectivity index (χ2v) is 5.83. The lowest BCUT2D eigenvalue weighted by molar-refractivity contribution is 0.0606. The molecule has 2 aromatic rings. The molecule has 2 rings (SSSR count). The van der Waals surface area contributed by atoms with Gasteiger partial charge >= 0.3 is 5.97 Å². The topological polar surface area (TPSA) is 39.2 Å². The van der Waals surface area contributed by atoms with Crippen LogP contribution in [-0.2, 0) is 4.74 Å². The molecule has 3 nitrogen and oxygen atoms in total. The van der Waals surface area contributed by atoms with Crippen molar-refractivity contribution in [1.82, 2.24) is 4.98 Å². The third-order valence-corrected chi connectivity index (χ3v) is 4.45. The summed E-state index contributed by atoms with van der Waals surface area (Å²) in [6.07, 6.45) is 0. The fourth-order valence-electron chi connectivity index (χ4n) is 1.15. The van der Waals surface area contributed by atoms with Crippen molar-refractivity contribution < 1.29 is 13.9 Å². The molecule has 0 bridgehead atoms. The molecular formula is C11H7ClFNO2S2. The molecule has 7 heteroatoms. The zero-order valence-electron chi connectivity index (χ0n) is 9.15. The van der Waals surface area contributed by atoms with Crippen molar-refractivity contribution in [1.29, 1.82) is 0 Å².